The van der Waals surface area contributed by atoms with Gasteiger partial charge in [-0.15, -0.1) is 0 Å². The second kappa shape index (κ2) is 2.03. The topological polar surface area (TPSA) is 36.3 Å². The van der Waals surface area contributed by atoms with Gasteiger partial charge in [-0.05, 0) is 31.1 Å². The predicted octanol–water partition coefficient (Wildman–Crippen LogP) is 1.86. The standard InChI is InChI=1S/C10H13NO/c11-6-9-10(12-9)5-7-3-1-2-4-8(7)10/h7-9H,1-5H2/t7-,8-,9?,10?/m0/s1. The lowest BCUT2D eigenvalue weighted by Crippen LogP contribution is -2.47. The number of nitrogens with zero attached hydrogens (tertiary/aromatic N) is 1. The van der Waals surface area contributed by atoms with E-state index in [2.05, 4.69) is 6.07 Å². The third-order valence-electron chi connectivity index (χ3n) is 3.96. The highest BCUT2D eigenvalue weighted by atomic mass is 16.6. The Morgan fingerprint density at radius 2 is 2.17 bits per heavy atom. The molecule has 0 N–H and O–H groups in total. The molecule has 1 spiro atoms. The Balaban J connectivity index is 1.75. The summed E-state index contributed by atoms with van der Waals surface area (Å²) in [5.74, 6) is 1.65. The van der Waals surface area contributed by atoms with E-state index in [0.29, 0.717) is 0 Å². The number of rotatable bonds is 0. The minimum absolute atomic E-state index is 0.0446. The molecule has 3 fully saturated rings. The van der Waals surface area contributed by atoms with E-state index >= 15 is 0 Å². The number of ether oxygens (including phenoxy) is 1. The molecule has 0 bridgehead atoms. The SMILES string of the molecule is N#CC1OC12C[C@@H]1CCCC[C@@H]12. The van der Waals surface area contributed by atoms with Crippen molar-refractivity contribution in [2.24, 2.45) is 11.8 Å². The van der Waals surface area contributed by atoms with Gasteiger partial charge < -0.3 is 4.74 Å². The quantitative estimate of drug-likeness (QED) is 0.511. The van der Waals surface area contributed by atoms with E-state index in [1.54, 1.807) is 0 Å². The fourth-order valence-corrected chi connectivity index (χ4v) is 3.25. The van der Waals surface area contributed by atoms with Gasteiger partial charge in [-0.2, -0.15) is 5.26 Å². The van der Waals surface area contributed by atoms with Crippen LogP contribution in [-0.2, 0) is 4.74 Å². The predicted molar refractivity (Wildman–Crippen MR) is 43.3 cm³/mol. The van der Waals surface area contributed by atoms with Crippen molar-refractivity contribution in [2.75, 3.05) is 0 Å². The number of fused-ring (bicyclic) bond motifs is 2. The van der Waals surface area contributed by atoms with Gasteiger partial charge in [0.05, 0.1) is 6.07 Å². The molecule has 0 amide bonds. The first-order chi connectivity index (χ1) is 5.87. The van der Waals surface area contributed by atoms with Crippen LogP contribution in [0.3, 0.4) is 0 Å². The molecule has 2 heteroatoms. The fourth-order valence-electron chi connectivity index (χ4n) is 3.25. The van der Waals surface area contributed by atoms with Crippen molar-refractivity contribution in [3.8, 4) is 6.07 Å². The lowest BCUT2D eigenvalue weighted by molar-refractivity contribution is -0.00285. The van der Waals surface area contributed by atoms with Crippen molar-refractivity contribution in [2.45, 2.75) is 43.8 Å². The molecule has 0 aromatic rings. The number of hydrogen-bond acceptors (Lipinski definition) is 2. The van der Waals surface area contributed by atoms with Crippen LogP contribution in [0.25, 0.3) is 0 Å². The van der Waals surface area contributed by atoms with E-state index < -0.39 is 0 Å². The van der Waals surface area contributed by atoms with Gasteiger partial charge >= 0.3 is 0 Å². The summed E-state index contributed by atoms with van der Waals surface area (Å²) in [4.78, 5) is 0. The molecule has 2 saturated carbocycles. The highest BCUT2D eigenvalue weighted by Crippen LogP contribution is 2.63. The molecule has 3 rings (SSSR count). The number of epoxide rings is 1. The zero-order chi connectivity index (χ0) is 8.18. The van der Waals surface area contributed by atoms with Crippen LogP contribution in [-0.4, -0.2) is 11.7 Å². The van der Waals surface area contributed by atoms with Gasteiger partial charge in [-0.1, -0.05) is 12.8 Å². The summed E-state index contributed by atoms with van der Waals surface area (Å²) in [5, 5.41) is 8.72. The molecule has 1 aliphatic heterocycles. The summed E-state index contributed by atoms with van der Waals surface area (Å²) in [6, 6.07) is 2.24. The van der Waals surface area contributed by atoms with Crippen LogP contribution < -0.4 is 0 Å². The molecule has 12 heavy (non-hydrogen) atoms. The molecule has 1 heterocycles. The summed E-state index contributed by atoms with van der Waals surface area (Å²) >= 11 is 0. The first-order valence-corrected chi connectivity index (χ1v) is 4.94. The van der Waals surface area contributed by atoms with Crippen LogP contribution in [0.1, 0.15) is 32.1 Å². The molecular weight excluding hydrogens is 150 g/mol. The molecule has 0 aromatic heterocycles. The Morgan fingerprint density at radius 1 is 1.33 bits per heavy atom. The van der Waals surface area contributed by atoms with E-state index in [1.165, 1.54) is 32.1 Å². The molecule has 4 atom stereocenters. The van der Waals surface area contributed by atoms with E-state index in [0.717, 1.165) is 11.8 Å². The molecular formula is C10H13NO. The average molecular weight is 163 g/mol. The second-order valence-electron chi connectivity index (χ2n) is 4.44. The summed E-state index contributed by atoms with van der Waals surface area (Å²) in [7, 11) is 0. The second-order valence-corrected chi connectivity index (χ2v) is 4.44. The third kappa shape index (κ3) is 0.641. The van der Waals surface area contributed by atoms with E-state index in [4.69, 9.17) is 10.00 Å². The zero-order valence-electron chi connectivity index (χ0n) is 7.12. The van der Waals surface area contributed by atoms with E-state index in [9.17, 15) is 0 Å². The first-order valence-electron chi connectivity index (χ1n) is 4.94. The normalized spacial score (nSPS) is 55.4. The summed E-state index contributed by atoms with van der Waals surface area (Å²) in [5.41, 5.74) is 0.0693. The van der Waals surface area contributed by atoms with Gasteiger partial charge in [0.15, 0.2) is 6.10 Å². The van der Waals surface area contributed by atoms with Gasteiger partial charge in [0.2, 0.25) is 0 Å². The molecule has 2 unspecified atom stereocenters. The number of nitriles is 1. The van der Waals surface area contributed by atoms with Crippen LogP contribution in [0, 0.1) is 23.2 Å². The van der Waals surface area contributed by atoms with Crippen molar-refractivity contribution in [3.05, 3.63) is 0 Å². The Labute approximate surface area is 72.5 Å². The summed E-state index contributed by atoms with van der Waals surface area (Å²) in [6.07, 6.45) is 6.57. The Hall–Kier alpha value is -0.550. The molecule has 1 saturated heterocycles. The fraction of sp³-hybridized carbons (Fsp3) is 0.900. The van der Waals surface area contributed by atoms with E-state index in [1.807, 2.05) is 0 Å². The monoisotopic (exact) mass is 163 g/mol. The third-order valence-corrected chi connectivity index (χ3v) is 3.96. The molecule has 0 radical (unpaired) electrons. The highest BCUT2D eigenvalue weighted by Gasteiger charge is 2.70. The Morgan fingerprint density at radius 3 is 2.83 bits per heavy atom. The van der Waals surface area contributed by atoms with Gasteiger partial charge in [0.25, 0.3) is 0 Å². The van der Waals surface area contributed by atoms with Gasteiger partial charge in [-0.3, -0.25) is 0 Å². The molecule has 3 aliphatic rings. The van der Waals surface area contributed by atoms with Crippen LogP contribution in [0.4, 0.5) is 0 Å². The average Bonchev–Trinajstić information content (AvgIpc) is 2.80. The lowest BCUT2D eigenvalue weighted by atomic mass is 9.57. The maximum absolute atomic E-state index is 8.72. The smallest absolute Gasteiger partial charge is 0.173 e. The van der Waals surface area contributed by atoms with Crippen molar-refractivity contribution < 1.29 is 4.74 Å². The van der Waals surface area contributed by atoms with Crippen molar-refractivity contribution >= 4 is 0 Å². The largest absolute Gasteiger partial charge is 0.350 e. The van der Waals surface area contributed by atoms with Crippen LogP contribution in [0.2, 0.25) is 0 Å². The van der Waals surface area contributed by atoms with Gasteiger partial charge in [-0.25, -0.2) is 0 Å². The zero-order valence-corrected chi connectivity index (χ0v) is 7.12. The lowest BCUT2D eigenvalue weighted by Gasteiger charge is -2.46. The maximum atomic E-state index is 8.72. The molecule has 0 aromatic carbocycles. The minimum Gasteiger partial charge on any atom is -0.350 e. The highest BCUT2D eigenvalue weighted by molar-refractivity contribution is 5.24. The van der Waals surface area contributed by atoms with Crippen molar-refractivity contribution in [1.82, 2.24) is 0 Å². The van der Waals surface area contributed by atoms with Crippen LogP contribution in [0.5, 0.6) is 0 Å². The van der Waals surface area contributed by atoms with Gasteiger partial charge in [0.1, 0.15) is 5.60 Å². The number of hydrogen-bond donors (Lipinski definition) is 0. The Bertz CT molecular complexity index is 257. The molecule has 2 nitrogen and oxygen atoms in total. The maximum Gasteiger partial charge on any atom is 0.173 e. The van der Waals surface area contributed by atoms with Crippen molar-refractivity contribution in [3.63, 3.8) is 0 Å². The Kier molecular flexibility index (Phi) is 1.17. The van der Waals surface area contributed by atoms with Crippen molar-refractivity contribution in [1.29, 1.82) is 5.26 Å². The van der Waals surface area contributed by atoms with Crippen LogP contribution in [0.15, 0.2) is 0 Å². The summed E-state index contributed by atoms with van der Waals surface area (Å²) in [6.45, 7) is 0. The molecule has 64 valence electrons. The summed E-state index contributed by atoms with van der Waals surface area (Å²) < 4.78 is 5.50. The minimum atomic E-state index is -0.0446. The van der Waals surface area contributed by atoms with E-state index in [-0.39, 0.29) is 11.7 Å². The van der Waals surface area contributed by atoms with Gasteiger partial charge in [0, 0.05) is 0 Å². The molecule has 2 aliphatic carbocycles. The van der Waals surface area contributed by atoms with Crippen LogP contribution >= 0.6 is 0 Å². The first kappa shape index (κ1) is 6.91.